The molecule has 21 heavy (non-hydrogen) atoms. The highest BCUT2D eigenvalue weighted by Crippen LogP contribution is 2.37. The fraction of sp³-hybridized carbons (Fsp3) is 0.333. The van der Waals surface area contributed by atoms with E-state index in [1.165, 1.54) is 10.4 Å². The van der Waals surface area contributed by atoms with Crippen LogP contribution in [-0.2, 0) is 12.8 Å². The van der Waals surface area contributed by atoms with Gasteiger partial charge in [0.1, 0.15) is 5.75 Å². The second-order valence-corrected chi connectivity index (χ2v) is 6.22. The number of benzene rings is 1. The minimum atomic E-state index is -0.0622. The maximum atomic E-state index is 7.28. The maximum absolute atomic E-state index is 7.28. The van der Waals surface area contributed by atoms with E-state index in [1.807, 2.05) is 12.1 Å². The van der Waals surface area contributed by atoms with Gasteiger partial charge in [0.15, 0.2) is 11.1 Å². The summed E-state index contributed by atoms with van der Waals surface area (Å²) in [7, 11) is 1.68. The average molecular weight is 302 g/mol. The molecule has 0 unspecified atom stereocenters. The summed E-state index contributed by atoms with van der Waals surface area (Å²) in [4.78, 5) is 5.81. The summed E-state index contributed by atoms with van der Waals surface area (Å²) in [5, 5.41) is 10.8. The highest BCUT2D eigenvalue weighted by Gasteiger charge is 2.23. The van der Waals surface area contributed by atoms with Gasteiger partial charge in [-0.2, -0.15) is 0 Å². The third kappa shape index (κ3) is 3.00. The average Bonchev–Trinajstić information content (AvgIpc) is 2.87. The third-order valence-electron chi connectivity index (χ3n) is 3.77. The normalized spacial score (nSPS) is 17.1. The summed E-state index contributed by atoms with van der Waals surface area (Å²) in [6.45, 7) is 0. The Kier molecular flexibility index (Phi) is 3.79. The molecule has 5 nitrogen and oxygen atoms in total. The number of fused-ring (bicyclic) bond motifs is 1. The molecule has 0 aliphatic heterocycles. The number of hydrogen-bond acceptors (Lipinski definition) is 4. The number of aromatic nitrogens is 1. The predicted molar refractivity (Wildman–Crippen MR) is 85.4 cm³/mol. The van der Waals surface area contributed by atoms with Crippen molar-refractivity contribution in [2.45, 2.75) is 25.2 Å². The lowest BCUT2D eigenvalue weighted by Gasteiger charge is -2.21. The van der Waals surface area contributed by atoms with Crippen LogP contribution >= 0.6 is 11.3 Å². The van der Waals surface area contributed by atoms with Gasteiger partial charge in [0.2, 0.25) is 0 Å². The highest BCUT2D eigenvalue weighted by molar-refractivity contribution is 7.15. The van der Waals surface area contributed by atoms with Crippen molar-refractivity contribution < 1.29 is 4.74 Å². The number of methoxy groups -OCH3 is 1. The second kappa shape index (κ2) is 5.73. The molecule has 1 aliphatic rings. The summed E-state index contributed by atoms with van der Waals surface area (Å²) in [6, 6.07) is 8.31. The Morgan fingerprint density at radius 3 is 2.86 bits per heavy atom. The number of anilines is 1. The van der Waals surface area contributed by atoms with Crippen molar-refractivity contribution in [2.75, 3.05) is 12.4 Å². The zero-order valence-electron chi connectivity index (χ0n) is 11.8. The molecular formula is C15H18N4OS. The molecule has 0 saturated heterocycles. The van der Waals surface area contributed by atoms with E-state index in [-0.39, 0.29) is 5.96 Å². The van der Waals surface area contributed by atoms with Gasteiger partial charge in [0.05, 0.1) is 12.8 Å². The molecule has 0 fully saturated rings. The zero-order valence-corrected chi connectivity index (χ0v) is 12.7. The molecular weight excluding hydrogens is 284 g/mol. The first-order valence-electron chi connectivity index (χ1n) is 6.89. The van der Waals surface area contributed by atoms with E-state index in [0.717, 1.165) is 35.8 Å². The lowest BCUT2D eigenvalue weighted by molar-refractivity contribution is 0.414. The van der Waals surface area contributed by atoms with Crippen molar-refractivity contribution in [2.24, 2.45) is 5.73 Å². The van der Waals surface area contributed by atoms with Crippen LogP contribution in [0.1, 0.15) is 28.5 Å². The Morgan fingerprint density at radius 2 is 2.19 bits per heavy atom. The predicted octanol–water partition coefficient (Wildman–Crippen LogP) is 2.73. The number of ether oxygens (including phenoxy) is 1. The maximum Gasteiger partial charge on any atom is 0.192 e. The van der Waals surface area contributed by atoms with Crippen LogP contribution in [0, 0.1) is 5.41 Å². The Hall–Kier alpha value is -2.08. The van der Waals surface area contributed by atoms with E-state index in [4.69, 9.17) is 15.9 Å². The van der Waals surface area contributed by atoms with Gasteiger partial charge in [-0.15, -0.1) is 11.3 Å². The Labute approximate surface area is 127 Å². The number of thiazole rings is 1. The van der Waals surface area contributed by atoms with Crippen molar-refractivity contribution in [3.8, 4) is 5.75 Å². The van der Waals surface area contributed by atoms with Gasteiger partial charge >= 0.3 is 0 Å². The van der Waals surface area contributed by atoms with Gasteiger partial charge in [-0.3, -0.25) is 5.41 Å². The molecule has 0 amide bonds. The quantitative estimate of drug-likeness (QED) is 0.601. The van der Waals surface area contributed by atoms with E-state index >= 15 is 0 Å². The molecule has 3 rings (SSSR count). The van der Waals surface area contributed by atoms with Gasteiger partial charge in [-0.1, -0.05) is 12.1 Å². The van der Waals surface area contributed by atoms with Crippen molar-refractivity contribution in [1.82, 2.24) is 4.98 Å². The molecule has 0 saturated carbocycles. The van der Waals surface area contributed by atoms with Crippen LogP contribution < -0.4 is 15.8 Å². The smallest absolute Gasteiger partial charge is 0.192 e. The lowest BCUT2D eigenvalue weighted by atomic mass is 9.85. The number of hydrogen-bond donors (Lipinski definition) is 3. The fourth-order valence-corrected chi connectivity index (χ4v) is 3.80. The molecule has 4 N–H and O–H groups in total. The van der Waals surface area contributed by atoms with Crippen LogP contribution in [0.5, 0.6) is 5.75 Å². The molecule has 1 atom stereocenters. The van der Waals surface area contributed by atoms with Crippen LogP contribution in [0.2, 0.25) is 0 Å². The monoisotopic (exact) mass is 302 g/mol. The summed E-state index contributed by atoms with van der Waals surface area (Å²) < 4.78 is 5.20. The zero-order chi connectivity index (χ0) is 14.8. The number of rotatable bonds is 3. The van der Waals surface area contributed by atoms with Crippen LogP contribution in [-0.4, -0.2) is 18.1 Å². The standard InChI is InChI=1S/C15H18N4OS/c1-20-11-5-2-9(3-6-11)10-4-7-12-13(8-10)21-15(18-12)19-14(16)17/h2-3,5-6,10H,4,7-8H2,1H3,(H4,16,17,18,19)/t10-/m1/s1. The largest absolute Gasteiger partial charge is 0.497 e. The second-order valence-electron chi connectivity index (χ2n) is 5.14. The van der Waals surface area contributed by atoms with E-state index in [9.17, 15) is 0 Å². The van der Waals surface area contributed by atoms with Crippen LogP contribution in [0.15, 0.2) is 24.3 Å². The van der Waals surface area contributed by atoms with Crippen molar-refractivity contribution in [3.05, 3.63) is 40.4 Å². The lowest BCUT2D eigenvalue weighted by Crippen LogP contribution is -2.20. The topological polar surface area (TPSA) is 84.0 Å². The van der Waals surface area contributed by atoms with Gasteiger partial charge in [0, 0.05) is 4.88 Å². The molecule has 0 spiro atoms. The number of aryl methyl sites for hydroxylation is 1. The van der Waals surface area contributed by atoms with E-state index in [2.05, 4.69) is 22.4 Å². The molecule has 0 radical (unpaired) electrons. The first-order valence-corrected chi connectivity index (χ1v) is 7.71. The molecule has 1 aromatic heterocycles. The summed E-state index contributed by atoms with van der Waals surface area (Å²) >= 11 is 1.60. The minimum absolute atomic E-state index is 0.0622. The number of nitrogens with one attached hydrogen (secondary N) is 2. The molecule has 0 bridgehead atoms. The highest BCUT2D eigenvalue weighted by atomic mass is 32.1. The van der Waals surface area contributed by atoms with Crippen molar-refractivity contribution >= 4 is 22.4 Å². The van der Waals surface area contributed by atoms with E-state index in [1.54, 1.807) is 18.4 Å². The first kappa shape index (κ1) is 13.9. The van der Waals surface area contributed by atoms with Gasteiger partial charge in [0.25, 0.3) is 0 Å². The van der Waals surface area contributed by atoms with Gasteiger partial charge in [-0.05, 0) is 42.9 Å². The summed E-state index contributed by atoms with van der Waals surface area (Å²) in [5.74, 6) is 1.35. The Balaban J connectivity index is 1.76. The molecule has 1 heterocycles. The number of nitrogens with two attached hydrogens (primary N) is 1. The fourth-order valence-electron chi connectivity index (χ4n) is 2.70. The molecule has 6 heteroatoms. The van der Waals surface area contributed by atoms with E-state index in [0.29, 0.717) is 5.92 Å². The number of nitrogens with zero attached hydrogens (tertiary/aromatic N) is 1. The molecule has 2 aromatic rings. The van der Waals surface area contributed by atoms with Crippen molar-refractivity contribution in [1.29, 1.82) is 5.41 Å². The van der Waals surface area contributed by atoms with Crippen LogP contribution in [0.25, 0.3) is 0 Å². The molecule has 1 aromatic carbocycles. The third-order valence-corrected chi connectivity index (χ3v) is 4.80. The SMILES string of the molecule is COc1ccc([C@@H]2CCc3nc(NC(=N)N)sc3C2)cc1. The van der Waals surface area contributed by atoms with E-state index < -0.39 is 0 Å². The molecule has 110 valence electrons. The van der Waals surface area contributed by atoms with Gasteiger partial charge in [-0.25, -0.2) is 4.98 Å². The number of guanidine groups is 1. The Bertz CT molecular complexity index is 650. The van der Waals surface area contributed by atoms with Crippen LogP contribution in [0.3, 0.4) is 0 Å². The Morgan fingerprint density at radius 1 is 1.43 bits per heavy atom. The van der Waals surface area contributed by atoms with Gasteiger partial charge < -0.3 is 15.8 Å². The first-order chi connectivity index (χ1) is 10.2. The van der Waals surface area contributed by atoms with Crippen LogP contribution in [0.4, 0.5) is 5.13 Å². The summed E-state index contributed by atoms with van der Waals surface area (Å²) in [5.41, 5.74) is 7.85. The molecule has 1 aliphatic carbocycles. The van der Waals surface area contributed by atoms with Crippen molar-refractivity contribution in [3.63, 3.8) is 0 Å². The summed E-state index contributed by atoms with van der Waals surface area (Å²) in [6.07, 6.45) is 3.07. The minimum Gasteiger partial charge on any atom is -0.497 e.